The van der Waals surface area contributed by atoms with Crippen molar-refractivity contribution in [1.82, 2.24) is 5.32 Å². The molecule has 0 aromatic heterocycles. The molecule has 1 aromatic carbocycles. The molecule has 0 spiro atoms. The monoisotopic (exact) mass is 249 g/mol. The SMILES string of the molecule is N=C(N)c1cccc(CCCCCNC(=O)O)c1. The fourth-order valence-electron chi connectivity index (χ4n) is 1.72. The highest BCUT2D eigenvalue weighted by molar-refractivity contribution is 5.95. The van der Waals surface area contributed by atoms with Gasteiger partial charge in [-0.15, -0.1) is 0 Å². The molecule has 1 amide bonds. The smallest absolute Gasteiger partial charge is 0.404 e. The molecule has 5 nitrogen and oxygen atoms in total. The molecule has 0 bridgehead atoms. The summed E-state index contributed by atoms with van der Waals surface area (Å²) in [6.45, 7) is 0.503. The summed E-state index contributed by atoms with van der Waals surface area (Å²) in [5, 5.41) is 18.1. The molecule has 0 aliphatic heterocycles. The van der Waals surface area contributed by atoms with E-state index in [4.69, 9.17) is 16.2 Å². The normalized spacial score (nSPS) is 10.0. The van der Waals surface area contributed by atoms with Crippen LogP contribution in [0.3, 0.4) is 0 Å². The summed E-state index contributed by atoms with van der Waals surface area (Å²) in [6.07, 6.45) is 2.78. The first kappa shape index (κ1) is 14.0. The Labute approximate surface area is 107 Å². The number of hydrogen-bond acceptors (Lipinski definition) is 2. The summed E-state index contributed by atoms with van der Waals surface area (Å²) in [6, 6.07) is 7.67. The molecule has 0 saturated heterocycles. The van der Waals surface area contributed by atoms with Crippen molar-refractivity contribution in [2.24, 2.45) is 5.73 Å². The summed E-state index contributed by atoms with van der Waals surface area (Å²) in [5.74, 6) is 0.0857. The van der Waals surface area contributed by atoms with Gasteiger partial charge in [0.15, 0.2) is 0 Å². The van der Waals surface area contributed by atoms with Gasteiger partial charge in [0, 0.05) is 12.1 Å². The molecule has 0 saturated carbocycles. The van der Waals surface area contributed by atoms with Crippen molar-refractivity contribution in [2.75, 3.05) is 6.54 Å². The van der Waals surface area contributed by atoms with Crippen molar-refractivity contribution in [3.05, 3.63) is 35.4 Å². The van der Waals surface area contributed by atoms with E-state index in [0.717, 1.165) is 36.8 Å². The van der Waals surface area contributed by atoms with Crippen molar-refractivity contribution in [2.45, 2.75) is 25.7 Å². The minimum absolute atomic E-state index is 0.0857. The fraction of sp³-hybridized carbons (Fsp3) is 0.385. The van der Waals surface area contributed by atoms with Crippen LogP contribution in [0.15, 0.2) is 24.3 Å². The molecule has 0 unspecified atom stereocenters. The number of amides is 1. The molecule has 5 heteroatoms. The van der Waals surface area contributed by atoms with Crippen LogP contribution in [-0.4, -0.2) is 23.6 Å². The summed E-state index contributed by atoms with van der Waals surface area (Å²) in [5.41, 5.74) is 7.34. The van der Waals surface area contributed by atoms with Gasteiger partial charge in [-0.25, -0.2) is 4.79 Å². The highest BCUT2D eigenvalue weighted by Gasteiger charge is 1.99. The first-order valence-corrected chi connectivity index (χ1v) is 5.99. The number of carbonyl (C=O) groups is 1. The van der Waals surface area contributed by atoms with E-state index in [2.05, 4.69) is 5.32 Å². The molecular weight excluding hydrogens is 230 g/mol. The number of amidine groups is 1. The molecular formula is C13H19N3O2. The van der Waals surface area contributed by atoms with E-state index in [1.165, 1.54) is 0 Å². The molecule has 0 aliphatic carbocycles. The van der Waals surface area contributed by atoms with E-state index in [1.807, 2.05) is 24.3 Å². The van der Waals surface area contributed by atoms with Crippen molar-refractivity contribution >= 4 is 11.9 Å². The van der Waals surface area contributed by atoms with E-state index >= 15 is 0 Å². The number of hydrogen-bond donors (Lipinski definition) is 4. The Morgan fingerprint density at radius 3 is 2.78 bits per heavy atom. The summed E-state index contributed by atoms with van der Waals surface area (Å²) < 4.78 is 0. The average molecular weight is 249 g/mol. The zero-order valence-electron chi connectivity index (χ0n) is 10.3. The number of rotatable bonds is 7. The Bertz CT molecular complexity index is 418. The number of aryl methyl sites for hydroxylation is 1. The molecule has 1 aromatic rings. The first-order chi connectivity index (χ1) is 8.59. The lowest BCUT2D eigenvalue weighted by atomic mass is 10.0. The van der Waals surface area contributed by atoms with Crippen LogP contribution in [-0.2, 0) is 6.42 Å². The fourth-order valence-corrected chi connectivity index (χ4v) is 1.72. The van der Waals surface area contributed by atoms with Gasteiger partial charge in [-0.2, -0.15) is 0 Å². The standard InChI is InChI=1S/C13H19N3O2/c14-12(15)11-7-4-6-10(9-11)5-2-1-3-8-16-13(17)18/h4,6-7,9,16H,1-3,5,8H2,(H3,14,15)(H,17,18). The Morgan fingerprint density at radius 1 is 1.33 bits per heavy atom. The third kappa shape index (κ3) is 5.34. The van der Waals surface area contributed by atoms with Crippen LogP contribution in [0.2, 0.25) is 0 Å². The molecule has 18 heavy (non-hydrogen) atoms. The third-order valence-corrected chi connectivity index (χ3v) is 2.66. The minimum Gasteiger partial charge on any atom is -0.465 e. The second-order valence-corrected chi connectivity index (χ2v) is 4.16. The number of benzene rings is 1. The van der Waals surface area contributed by atoms with Gasteiger partial charge in [-0.3, -0.25) is 5.41 Å². The molecule has 5 N–H and O–H groups in total. The predicted octanol–water partition coefficient (Wildman–Crippen LogP) is 1.95. The summed E-state index contributed by atoms with van der Waals surface area (Å²) in [7, 11) is 0. The molecule has 0 fully saturated rings. The molecule has 98 valence electrons. The van der Waals surface area contributed by atoms with Gasteiger partial charge in [0.2, 0.25) is 0 Å². The highest BCUT2D eigenvalue weighted by Crippen LogP contribution is 2.09. The van der Waals surface area contributed by atoms with Crippen LogP contribution >= 0.6 is 0 Å². The number of unbranched alkanes of at least 4 members (excludes halogenated alkanes) is 2. The maximum Gasteiger partial charge on any atom is 0.404 e. The topological polar surface area (TPSA) is 99.2 Å². The average Bonchev–Trinajstić information content (AvgIpc) is 2.33. The Kier molecular flexibility index (Phi) is 5.70. The molecule has 0 radical (unpaired) electrons. The van der Waals surface area contributed by atoms with Gasteiger partial charge in [0.1, 0.15) is 5.84 Å². The van der Waals surface area contributed by atoms with Crippen LogP contribution in [0, 0.1) is 5.41 Å². The van der Waals surface area contributed by atoms with E-state index in [-0.39, 0.29) is 5.84 Å². The van der Waals surface area contributed by atoms with Gasteiger partial charge >= 0.3 is 6.09 Å². The van der Waals surface area contributed by atoms with E-state index in [0.29, 0.717) is 6.54 Å². The van der Waals surface area contributed by atoms with Gasteiger partial charge in [-0.05, 0) is 30.9 Å². The summed E-state index contributed by atoms with van der Waals surface area (Å²) in [4.78, 5) is 10.2. The number of nitrogens with one attached hydrogen (secondary N) is 2. The third-order valence-electron chi connectivity index (χ3n) is 2.66. The van der Waals surface area contributed by atoms with Crippen LogP contribution in [0.25, 0.3) is 0 Å². The van der Waals surface area contributed by atoms with Crippen LogP contribution in [0.4, 0.5) is 4.79 Å². The van der Waals surface area contributed by atoms with Gasteiger partial charge in [0.25, 0.3) is 0 Å². The highest BCUT2D eigenvalue weighted by atomic mass is 16.4. The lowest BCUT2D eigenvalue weighted by Gasteiger charge is -2.04. The Balaban J connectivity index is 2.25. The Hall–Kier alpha value is -2.04. The molecule has 0 atom stereocenters. The number of nitrogen functional groups attached to an aromatic ring is 1. The lowest BCUT2D eigenvalue weighted by molar-refractivity contribution is 0.194. The molecule has 0 heterocycles. The molecule has 1 rings (SSSR count). The van der Waals surface area contributed by atoms with Crippen molar-refractivity contribution in [1.29, 1.82) is 5.41 Å². The summed E-state index contributed by atoms with van der Waals surface area (Å²) >= 11 is 0. The maximum absolute atomic E-state index is 10.2. The van der Waals surface area contributed by atoms with E-state index in [9.17, 15) is 4.79 Å². The van der Waals surface area contributed by atoms with Crippen LogP contribution in [0.5, 0.6) is 0 Å². The molecule has 0 aliphatic rings. The second-order valence-electron chi connectivity index (χ2n) is 4.16. The zero-order valence-corrected chi connectivity index (χ0v) is 10.3. The van der Waals surface area contributed by atoms with Crippen LogP contribution < -0.4 is 11.1 Å². The maximum atomic E-state index is 10.2. The van der Waals surface area contributed by atoms with Gasteiger partial charge < -0.3 is 16.2 Å². The largest absolute Gasteiger partial charge is 0.465 e. The minimum atomic E-state index is -0.968. The quantitative estimate of drug-likeness (QED) is 0.337. The predicted molar refractivity (Wildman–Crippen MR) is 71.0 cm³/mol. The van der Waals surface area contributed by atoms with Gasteiger partial charge in [-0.1, -0.05) is 24.6 Å². The van der Waals surface area contributed by atoms with E-state index < -0.39 is 6.09 Å². The Morgan fingerprint density at radius 2 is 2.11 bits per heavy atom. The number of nitrogens with two attached hydrogens (primary N) is 1. The van der Waals surface area contributed by atoms with Crippen LogP contribution in [0.1, 0.15) is 30.4 Å². The lowest BCUT2D eigenvalue weighted by Crippen LogP contribution is -2.21. The van der Waals surface area contributed by atoms with Crippen molar-refractivity contribution < 1.29 is 9.90 Å². The van der Waals surface area contributed by atoms with E-state index in [1.54, 1.807) is 0 Å². The number of carboxylic acid groups (broad SMARTS) is 1. The van der Waals surface area contributed by atoms with Crippen molar-refractivity contribution in [3.8, 4) is 0 Å². The zero-order chi connectivity index (χ0) is 13.4. The first-order valence-electron chi connectivity index (χ1n) is 5.99. The van der Waals surface area contributed by atoms with Crippen molar-refractivity contribution in [3.63, 3.8) is 0 Å². The second kappa shape index (κ2) is 7.32. The van der Waals surface area contributed by atoms with Gasteiger partial charge in [0.05, 0.1) is 0 Å².